The van der Waals surface area contributed by atoms with Crippen molar-refractivity contribution < 1.29 is 27.3 Å². The molecule has 4 rings (SSSR count). The molecule has 148 valence electrons. The minimum atomic E-state index is -3.34. The molecule has 0 aromatic carbocycles. The number of carbonyl (C=O) groups excluding carboxylic acids is 2. The van der Waals surface area contributed by atoms with Crippen molar-refractivity contribution in [1.29, 1.82) is 0 Å². The first-order valence-corrected chi connectivity index (χ1v) is 11.0. The second kappa shape index (κ2) is 6.90. The molecule has 0 radical (unpaired) electrons. The van der Waals surface area contributed by atoms with E-state index in [2.05, 4.69) is 5.16 Å². The van der Waals surface area contributed by atoms with Crippen LogP contribution in [0.25, 0.3) is 0 Å². The van der Waals surface area contributed by atoms with Crippen molar-refractivity contribution in [1.82, 2.24) is 15.0 Å². The maximum atomic E-state index is 13.2. The first-order chi connectivity index (χ1) is 12.9. The summed E-state index contributed by atoms with van der Waals surface area (Å²) in [6.45, 7) is 0.450. The van der Waals surface area contributed by atoms with E-state index in [9.17, 15) is 18.0 Å². The zero-order chi connectivity index (χ0) is 19.2. The molecule has 10 heteroatoms. The van der Waals surface area contributed by atoms with Crippen LogP contribution in [-0.4, -0.2) is 85.6 Å². The number of aromatic nitrogens is 1. The van der Waals surface area contributed by atoms with Crippen LogP contribution in [0.2, 0.25) is 0 Å². The number of ether oxygens (including phenoxy) is 1. The van der Waals surface area contributed by atoms with Crippen LogP contribution in [0.4, 0.5) is 0 Å². The van der Waals surface area contributed by atoms with E-state index in [0.717, 1.165) is 37.0 Å². The Morgan fingerprint density at radius 1 is 1.15 bits per heavy atom. The lowest BCUT2D eigenvalue weighted by molar-refractivity contribution is -0.140. The van der Waals surface area contributed by atoms with Crippen LogP contribution in [0.1, 0.15) is 34.7 Å². The lowest BCUT2D eigenvalue weighted by Crippen LogP contribution is -2.62. The molecule has 0 N–H and O–H groups in total. The summed E-state index contributed by atoms with van der Waals surface area (Å²) in [6, 6.07) is -1.11. The number of aryl methyl sites for hydroxylation is 1. The van der Waals surface area contributed by atoms with E-state index >= 15 is 0 Å². The number of methoxy groups -OCH3 is 1. The van der Waals surface area contributed by atoms with Gasteiger partial charge in [-0.05, 0) is 19.3 Å². The van der Waals surface area contributed by atoms with Gasteiger partial charge in [-0.25, -0.2) is 8.42 Å². The Labute approximate surface area is 157 Å². The normalized spacial score (nSPS) is 26.6. The number of sulfone groups is 1. The molecule has 0 saturated carbocycles. The lowest BCUT2D eigenvalue weighted by atomic mass is 9.95. The van der Waals surface area contributed by atoms with Crippen molar-refractivity contribution in [2.75, 3.05) is 38.3 Å². The van der Waals surface area contributed by atoms with Crippen molar-refractivity contribution in [3.05, 3.63) is 17.0 Å². The first kappa shape index (κ1) is 18.4. The number of amides is 2. The maximum Gasteiger partial charge on any atom is 0.276 e. The van der Waals surface area contributed by atoms with Gasteiger partial charge < -0.3 is 19.1 Å². The van der Waals surface area contributed by atoms with Crippen molar-refractivity contribution >= 4 is 21.7 Å². The highest BCUT2D eigenvalue weighted by Gasteiger charge is 2.50. The summed E-state index contributed by atoms with van der Waals surface area (Å²) in [5.41, 5.74) is 1.14. The zero-order valence-electron chi connectivity index (χ0n) is 15.2. The van der Waals surface area contributed by atoms with Crippen LogP contribution in [0.5, 0.6) is 0 Å². The summed E-state index contributed by atoms with van der Waals surface area (Å²) in [6.07, 6.45) is 3.52. The monoisotopic (exact) mass is 397 g/mol. The number of nitrogens with zero attached hydrogens (tertiary/aromatic N) is 3. The van der Waals surface area contributed by atoms with Gasteiger partial charge in [-0.15, -0.1) is 0 Å². The second-order valence-corrected chi connectivity index (χ2v) is 9.52. The van der Waals surface area contributed by atoms with E-state index < -0.39 is 21.9 Å². The third-order valence-corrected chi connectivity index (χ3v) is 7.38. The number of hydrogen-bond donors (Lipinski definition) is 0. The summed E-state index contributed by atoms with van der Waals surface area (Å²) in [7, 11) is -1.91. The number of piperazine rings is 1. The standard InChI is InChI=1S/C17H23N3O6S/c1-25-8-15(21)19-6-7-20(13-10-27(23,24)9-12(13)19)17(22)16-11-4-2-3-5-14(11)26-18-16/h12-13H,2-10H2,1H3/t12-,13+/m0/s1. The fraction of sp³-hybridized carbons (Fsp3) is 0.706. The Morgan fingerprint density at radius 3 is 2.56 bits per heavy atom. The lowest BCUT2D eigenvalue weighted by Gasteiger charge is -2.43. The molecule has 3 aliphatic rings. The molecule has 3 heterocycles. The number of hydrogen-bond acceptors (Lipinski definition) is 7. The molecule has 1 aromatic heterocycles. The number of rotatable bonds is 3. The summed E-state index contributed by atoms with van der Waals surface area (Å²) in [5, 5.41) is 3.99. The Bertz CT molecular complexity index is 864. The van der Waals surface area contributed by atoms with E-state index in [0.29, 0.717) is 5.69 Å². The van der Waals surface area contributed by atoms with Crippen LogP contribution in [0.3, 0.4) is 0 Å². The predicted molar refractivity (Wildman–Crippen MR) is 94.0 cm³/mol. The van der Waals surface area contributed by atoms with Gasteiger partial charge in [-0.3, -0.25) is 9.59 Å². The molecule has 0 spiro atoms. The molecule has 2 amide bonds. The van der Waals surface area contributed by atoms with E-state index in [-0.39, 0.29) is 43.0 Å². The quantitative estimate of drug-likeness (QED) is 0.686. The van der Waals surface area contributed by atoms with Gasteiger partial charge in [0.2, 0.25) is 5.91 Å². The fourth-order valence-corrected chi connectivity index (χ4v) is 6.39. The summed E-state index contributed by atoms with van der Waals surface area (Å²) in [5.74, 6) is -0.0638. The summed E-state index contributed by atoms with van der Waals surface area (Å²) < 4.78 is 34.8. The van der Waals surface area contributed by atoms with Gasteiger partial charge in [0.15, 0.2) is 15.5 Å². The molecule has 27 heavy (non-hydrogen) atoms. The topological polar surface area (TPSA) is 110 Å². The molecule has 1 aliphatic carbocycles. The molecule has 0 bridgehead atoms. The molecular weight excluding hydrogens is 374 g/mol. The van der Waals surface area contributed by atoms with E-state index in [1.54, 1.807) is 9.80 Å². The van der Waals surface area contributed by atoms with Gasteiger partial charge in [0.25, 0.3) is 5.91 Å². The summed E-state index contributed by atoms with van der Waals surface area (Å²) >= 11 is 0. The first-order valence-electron chi connectivity index (χ1n) is 9.18. The van der Waals surface area contributed by atoms with Crippen molar-refractivity contribution in [2.24, 2.45) is 0 Å². The van der Waals surface area contributed by atoms with Crippen LogP contribution in [0.15, 0.2) is 4.52 Å². The van der Waals surface area contributed by atoms with Crippen LogP contribution < -0.4 is 0 Å². The highest BCUT2D eigenvalue weighted by Crippen LogP contribution is 2.30. The van der Waals surface area contributed by atoms with Crippen molar-refractivity contribution in [2.45, 2.75) is 37.8 Å². The largest absolute Gasteiger partial charge is 0.375 e. The fourth-order valence-electron chi connectivity index (χ4n) is 4.41. The Kier molecular flexibility index (Phi) is 4.71. The van der Waals surface area contributed by atoms with Gasteiger partial charge in [0, 0.05) is 32.2 Å². The maximum absolute atomic E-state index is 13.2. The predicted octanol–water partition coefficient (Wildman–Crippen LogP) is -0.350. The van der Waals surface area contributed by atoms with Crippen LogP contribution in [-0.2, 0) is 32.2 Å². The average molecular weight is 397 g/mol. The number of fused-ring (bicyclic) bond motifs is 2. The van der Waals surface area contributed by atoms with Gasteiger partial charge in [0.05, 0.1) is 23.6 Å². The average Bonchev–Trinajstić information content (AvgIpc) is 3.20. The Morgan fingerprint density at radius 2 is 1.81 bits per heavy atom. The SMILES string of the molecule is COCC(=O)N1CCN(C(=O)c2noc3c2CCCC3)[C@@H]2CS(=O)(=O)C[C@@H]21. The van der Waals surface area contributed by atoms with Crippen molar-refractivity contribution in [3.63, 3.8) is 0 Å². The van der Waals surface area contributed by atoms with E-state index in [4.69, 9.17) is 9.26 Å². The van der Waals surface area contributed by atoms with Gasteiger partial charge in [-0.2, -0.15) is 0 Å². The van der Waals surface area contributed by atoms with Gasteiger partial charge in [-0.1, -0.05) is 5.16 Å². The minimum absolute atomic E-state index is 0.103. The molecule has 2 atom stereocenters. The van der Waals surface area contributed by atoms with Gasteiger partial charge >= 0.3 is 0 Å². The molecule has 2 fully saturated rings. The molecular formula is C17H23N3O6S. The number of carbonyl (C=O) groups is 2. The Balaban J connectivity index is 1.62. The van der Waals surface area contributed by atoms with Gasteiger partial charge in [0.1, 0.15) is 12.4 Å². The highest BCUT2D eigenvalue weighted by atomic mass is 32.2. The molecule has 2 saturated heterocycles. The Hall–Kier alpha value is -1.94. The highest BCUT2D eigenvalue weighted by molar-refractivity contribution is 7.91. The third kappa shape index (κ3) is 3.25. The third-order valence-electron chi connectivity index (χ3n) is 5.68. The minimum Gasteiger partial charge on any atom is -0.375 e. The zero-order valence-corrected chi connectivity index (χ0v) is 16.0. The smallest absolute Gasteiger partial charge is 0.276 e. The van der Waals surface area contributed by atoms with Crippen LogP contribution >= 0.6 is 0 Å². The summed E-state index contributed by atoms with van der Waals surface area (Å²) in [4.78, 5) is 28.6. The van der Waals surface area contributed by atoms with E-state index in [1.807, 2.05) is 0 Å². The molecule has 9 nitrogen and oxygen atoms in total. The van der Waals surface area contributed by atoms with E-state index in [1.165, 1.54) is 7.11 Å². The second-order valence-electron chi connectivity index (χ2n) is 7.37. The van der Waals surface area contributed by atoms with Crippen molar-refractivity contribution in [3.8, 4) is 0 Å². The molecule has 2 aliphatic heterocycles. The molecule has 1 aromatic rings. The molecule has 0 unspecified atom stereocenters. The van der Waals surface area contributed by atoms with Crippen LogP contribution in [0, 0.1) is 0 Å².